The maximum atomic E-state index is 12.3. The van der Waals surface area contributed by atoms with E-state index in [1.165, 1.54) is 12.1 Å². The zero-order valence-corrected chi connectivity index (χ0v) is 17.1. The average molecular weight is 401 g/mol. The Kier molecular flexibility index (Phi) is 7.35. The van der Waals surface area contributed by atoms with E-state index < -0.39 is 4.92 Å². The predicted octanol–water partition coefficient (Wildman–Crippen LogP) is 2.68. The Hall–Kier alpha value is -3.36. The number of nitrogens with one attached hydrogen (secondary N) is 2. The number of rotatable bonds is 7. The van der Waals surface area contributed by atoms with Crippen LogP contribution in [0.4, 0.5) is 5.69 Å². The van der Waals surface area contributed by atoms with E-state index >= 15 is 0 Å². The van der Waals surface area contributed by atoms with Crippen LogP contribution >= 0.6 is 0 Å². The molecular formula is C20H27N5O4. The molecule has 0 aliphatic carbocycles. The molecule has 0 aliphatic rings. The number of carbonyl (C=O) groups excluding carboxylic acids is 1. The van der Waals surface area contributed by atoms with Gasteiger partial charge in [-0.2, -0.15) is 0 Å². The summed E-state index contributed by atoms with van der Waals surface area (Å²) < 4.78 is 5.33. The van der Waals surface area contributed by atoms with Gasteiger partial charge in [0.1, 0.15) is 5.76 Å². The molecule has 0 fully saturated rings. The van der Waals surface area contributed by atoms with E-state index in [-0.39, 0.29) is 23.7 Å². The summed E-state index contributed by atoms with van der Waals surface area (Å²) in [6.45, 7) is 6.61. The first-order valence-electron chi connectivity index (χ1n) is 9.20. The number of aliphatic imine (C=N–C) groups is 1. The number of hydrogen-bond acceptors (Lipinski definition) is 5. The van der Waals surface area contributed by atoms with Gasteiger partial charge in [-0.1, -0.05) is 12.1 Å². The number of guanidine groups is 1. The van der Waals surface area contributed by atoms with Gasteiger partial charge in [-0.25, -0.2) is 4.99 Å². The van der Waals surface area contributed by atoms with Crippen LogP contribution in [-0.4, -0.2) is 40.8 Å². The summed E-state index contributed by atoms with van der Waals surface area (Å²) in [5, 5.41) is 16.9. The SMILES string of the molecule is CN(CC(=O)NC(C)(C)C)C(=NCc1ccc([N+](=O)[O-])cc1)NCc1ccco1. The van der Waals surface area contributed by atoms with Crippen molar-refractivity contribution < 1.29 is 14.1 Å². The van der Waals surface area contributed by atoms with Gasteiger partial charge in [0.2, 0.25) is 5.91 Å². The summed E-state index contributed by atoms with van der Waals surface area (Å²) in [7, 11) is 1.77. The highest BCUT2D eigenvalue weighted by molar-refractivity contribution is 5.86. The van der Waals surface area contributed by atoms with Crippen LogP contribution in [0.15, 0.2) is 52.1 Å². The van der Waals surface area contributed by atoms with Crippen LogP contribution in [-0.2, 0) is 17.9 Å². The number of nitrogens with zero attached hydrogens (tertiary/aromatic N) is 3. The van der Waals surface area contributed by atoms with E-state index in [1.54, 1.807) is 36.4 Å². The van der Waals surface area contributed by atoms with E-state index in [1.807, 2.05) is 26.8 Å². The molecule has 0 aliphatic heterocycles. The number of likely N-dealkylation sites (N-methyl/N-ethyl adjacent to an activating group) is 1. The number of non-ortho nitro benzene ring substituents is 1. The molecule has 0 atom stereocenters. The van der Waals surface area contributed by atoms with Gasteiger partial charge in [-0.15, -0.1) is 0 Å². The average Bonchev–Trinajstić information content (AvgIpc) is 3.13. The Labute approximate surface area is 170 Å². The Morgan fingerprint density at radius 3 is 2.48 bits per heavy atom. The van der Waals surface area contributed by atoms with Gasteiger partial charge in [0.05, 0.1) is 30.8 Å². The quantitative estimate of drug-likeness (QED) is 0.319. The summed E-state index contributed by atoms with van der Waals surface area (Å²) in [5.74, 6) is 1.13. The van der Waals surface area contributed by atoms with Crippen molar-refractivity contribution in [3.63, 3.8) is 0 Å². The van der Waals surface area contributed by atoms with Crippen molar-refractivity contribution in [2.75, 3.05) is 13.6 Å². The lowest BCUT2D eigenvalue weighted by Gasteiger charge is -2.25. The normalized spacial score (nSPS) is 11.8. The van der Waals surface area contributed by atoms with Crippen molar-refractivity contribution in [3.05, 3.63) is 64.1 Å². The summed E-state index contributed by atoms with van der Waals surface area (Å²) in [4.78, 5) is 28.9. The topological polar surface area (TPSA) is 113 Å². The predicted molar refractivity (Wildman–Crippen MR) is 110 cm³/mol. The van der Waals surface area contributed by atoms with Gasteiger partial charge in [-0.05, 0) is 38.5 Å². The van der Waals surface area contributed by atoms with Crippen LogP contribution in [0.3, 0.4) is 0 Å². The molecule has 0 radical (unpaired) electrons. The standard InChI is InChI=1S/C20H27N5O4/c1-20(2,3)23-18(26)14-24(4)19(22-13-17-6-5-11-29-17)21-12-15-7-9-16(10-8-15)25(27)28/h5-11H,12-14H2,1-4H3,(H,21,22)(H,23,26). The monoisotopic (exact) mass is 401 g/mol. The van der Waals surface area contributed by atoms with Gasteiger partial charge in [0.25, 0.3) is 5.69 Å². The van der Waals surface area contributed by atoms with Crippen LogP contribution < -0.4 is 10.6 Å². The van der Waals surface area contributed by atoms with Crippen molar-refractivity contribution in [3.8, 4) is 0 Å². The molecule has 0 bridgehead atoms. The Morgan fingerprint density at radius 1 is 1.24 bits per heavy atom. The van der Waals surface area contributed by atoms with E-state index in [0.29, 0.717) is 19.0 Å². The van der Waals surface area contributed by atoms with Crippen molar-refractivity contribution in [2.45, 2.75) is 39.4 Å². The molecule has 9 nitrogen and oxygen atoms in total. The molecule has 29 heavy (non-hydrogen) atoms. The molecule has 9 heteroatoms. The zero-order chi connectivity index (χ0) is 21.4. The Morgan fingerprint density at radius 2 is 1.93 bits per heavy atom. The first kappa shape index (κ1) is 21.9. The first-order chi connectivity index (χ1) is 13.6. The van der Waals surface area contributed by atoms with Gasteiger partial charge in [-0.3, -0.25) is 14.9 Å². The lowest BCUT2D eigenvalue weighted by atomic mass is 10.1. The maximum absolute atomic E-state index is 12.3. The highest BCUT2D eigenvalue weighted by atomic mass is 16.6. The Balaban J connectivity index is 2.08. The highest BCUT2D eigenvalue weighted by Crippen LogP contribution is 2.12. The molecule has 2 N–H and O–H groups in total. The number of hydrogen-bond donors (Lipinski definition) is 2. The number of nitro groups is 1. The minimum Gasteiger partial charge on any atom is -0.467 e. The number of benzene rings is 1. The van der Waals surface area contributed by atoms with Crippen molar-refractivity contribution in [1.29, 1.82) is 0 Å². The fourth-order valence-electron chi connectivity index (χ4n) is 2.53. The van der Waals surface area contributed by atoms with Crippen LogP contribution in [0.5, 0.6) is 0 Å². The summed E-state index contributed by atoms with van der Waals surface area (Å²) in [6, 6.07) is 9.86. The molecule has 1 aromatic heterocycles. The van der Waals surface area contributed by atoms with E-state index in [9.17, 15) is 14.9 Å². The number of amides is 1. The summed E-state index contributed by atoms with van der Waals surface area (Å²) in [5.41, 5.74) is 0.528. The molecule has 0 unspecified atom stereocenters. The van der Waals surface area contributed by atoms with E-state index in [2.05, 4.69) is 15.6 Å². The van der Waals surface area contributed by atoms with Gasteiger partial charge in [0, 0.05) is 24.7 Å². The van der Waals surface area contributed by atoms with Crippen molar-refractivity contribution in [2.24, 2.45) is 4.99 Å². The van der Waals surface area contributed by atoms with Crippen molar-refractivity contribution in [1.82, 2.24) is 15.5 Å². The van der Waals surface area contributed by atoms with Crippen LogP contribution in [0.2, 0.25) is 0 Å². The van der Waals surface area contributed by atoms with Gasteiger partial charge < -0.3 is 20.0 Å². The molecule has 1 aromatic carbocycles. The molecular weight excluding hydrogens is 374 g/mol. The third-order valence-electron chi connectivity index (χ3n) is 3.82. The first-order valence-corrected chi connectivity index (χ1v) is 9.20. The minimum absolute atomic E-state index is 0.0323. The molecule has 0 spiro atoms. The molecule has 2 rings (SSSR count). The fraction of sp³-hybridized carbons (Fsp3) is 0.400. The minimum atomic E-state index is -0.439. The van der Waals surface area contributed by atoms with Crippen molar-refractivity contribution >= 4 is 17.6 Å². The van der Waals surface area contributed by atoms with E-state index in [0.717, 1.165) is 11.3 Å². The van der Waals surface area contributed by atoms with Crippen LogP contribution in [0, 0.1) is 10.1 Å². The highest BCUT2D eigenvalue weighted by Gasteiger charge is 2.17. The summed E-state index contributed by atoms with van der Waals surface area (Å²) in [6.07, 6.45) is 1.59. The lowest BCUT2D eigenvalue weighted by molar-refractivity contribution is -0.384. The zero-order valence-electron chi connectivity index (χ0n) is 17.1. The van der Waals surface area contributed by atoms with Crippen LogP contribution in [0.25, 0.3) is 0 Å². The summed E-state index contributed by atoms with van der Waals surface area (Å²) >= 11 is 0. The second-order valence-corrected chi connectivity index (χ2v) is 7.65. The molecule has 1 amide bonds. The molecule has 0 saturated heterocycles. The second-order valence-electron chi connectivity index (χ2n) is 7.65. The third kappa shape index (κ3) is 7.65. The third-order valence-corrected chi connectivity index (χ3v) is 3.82. The number of nitro benzene ring substituents is 1. The smallest absolute Gasteiger partial charge is 0.269 e. The molecule has 156 valence electrons. The number of furan rings is 1. The number of carbonyl (C=O) groups is 1. The maximum Gasteiger partial charge on any atom is 0.269 e. The fourth-order valence-corrected chi connectivity index (χ4v) is 2.53. The van der Waals surface area contributed by atoms with Gasteiger partial charge in [0.15, 0.2) is 5.96 Å². The molecule has 0 saturated carbocycles. The second kappa shape index (κ2) is 9.72. The van der Waals surface area contributed by atoms with Crippen LogP contribution in [0.1, 0.15) is 32.1 Å². The molecule has 1 heterocycles. The Bertz CT molecular complexity index is 839. The van der Waals surface area contributed by atoms with E-state index in [4.69, 9.17) is 4.42 Å². The van der Waals surface area contributed by atoms with Gasteiger partial charge >= 0.3 is 0 Å². The molecule has 2 aromatic rings. The largest absolute Gasteiger partial charge is 0.467 e. The lowest BCUT2D eigenvalue weighted by Crippen LogP contribution is -2.48.